The molecule has 3 aromatic rings. The first-order valence-electron chi connectivity index (χ1n) is 15.3. The van der Waals surface area contributed by atoms with Gasteiger partial charge in [-0.25, -0.2) is 0 Å². The lowest BCUT2D eigenvalue weighted by Crippen LogP contribution is -2.31. The van der Waals surface area contributed by atoms with E-state index in [1.165, 1.54) is 0 Å². The SMILES string of the molecule is C#Cc1cc([C@H]2CC=C(C(=C)O)CC2)c(C#C)cc1-c1ccc(C2(O)C=CC(OC)(c3ccc(C(CC)OC)cc3)C=C2)cc1. The van der Waals surface area contributed by atoms with Crippen LogP contribution in [0.15, 0.2) is 109 Å². The number of methoxy groups -OCH3 is 2. The van der Waals surface area contributed by atoms with Crippen LogP contribution in [-0.2, 0) is 20.7 Å². The topological polar surface area (TPSA) is 58.9 Å². The zero-order valence-electron chi connectivity index (χ0n) is 26.2. The van der Waals surface area contributed by atoms with Crippen molar-refractivity contribution in [2.24, 2.45) is 0 Å². The predicted molar refractivity (Wildman–Crippen MR) is 182 cm³/mol. The Morgan fingerprint density at radius 3 is 2.11 bits per heavy atom. The number of aliphatic hydroxyl groups is 2. The Morgan fingerprint density at radius 1 is 0.956 bits per heavy atom. The van der Waals surface area contributed by atoms with Gasteiger partial charge < -0.3 is 19.7 Å². The molecule has 0 heterocycles. The molecule has 0 bridgehead atoms. The average Bonchev–Trinajstić information content (AvgIpc) is 3.09. The Kier molecular flexibility index (Phi) is 9.33. The molecule has 1 unspecified atom stereocenters. The molecule has 2 N–H and O–H groups in total. The number of benzene rings is 3. The maximum Gasteiger partial charge on any atom is 0.129 e. The molecule has 2 atom stereocenters. The van der Waals surface area contributed by atoms with E-state index in [-0.39, 0.29) is 17.8 Å². The van der Waals surface area contributed by atoms with Crippen molar-refractivity contribution < 1.29 is 19.7 Å². The van der Waals surface area contributed by atoms with Crippen molar-refractivity contribution in [3.05, 3.63) is 142 Å². The maximum absolute atomic E-state index is 11.6. The van der Waals surface area contributed by atoms with Gasteiger partial charge in [-0.3, -0.25) is 0 Å². The molecule has 0 aromatic heterocycles. The number of hydrogen-bond donors (Lipinski definition) is 2. The molecule has 3 aromatic carbocycles. The van der Waals surface area contributed by atoms with Gasteiger partial charge in [-0.2, -0.15) is 0 Å². The highest BCUT2D eigenvalue weighted by Crippen LogP contribution is 2.40. The zero-order valence-corrected chi connectivity index (χ0v) is 26.2. The maximum atomic E-state index is 11.6. The molecule has 228 valence electrons. The second-order valence-corrected chi connectivity index (χ2v) is 11.7. The van der Waals surface area contributed by atoms with Crippen LogP contribution in [0.2, 0.25) is 0 Å². The second kappa shape index (κ2) is 13.2. The van der Waals surface area contributed by atoms with Gasteiger partial charge in [-0.1, -0.05) is 80.0 Å². The fraction of sp³-hybridized carbons (Fsp3) is 0.268. The Labute approximate surface area is 267 Å². The van der Waals surface area contributed by atoms with Gasteiger partial charge in [0.25, 0.3) is 0 Å². The molecule has 2 aliphatic rings. The van der Waals surface area contributed by atoms with E-state index >= 15 is 0 Å². The van der Waals surface area contributed by atoms with Crippen LogP contribution in [0, 0.1) is 24.7 Å². The largest absolute Gasteiger partial charge is 0.508 e. The molecular weight excluding hydrogens is 556 g/mol. The van der Waals surface area contributed by atoms with Gasteiger partial charge in [-0.15, -0.1) is 12.8 Å². The molecule has 0 saturated heterocycles. The number of allylic oxidation sites excluding steroid dienone is 2. The van der Waals surface area contributed by atoms with Crippen LogP contribution in [0.25, 0.3) is 11.1 Å². The summed E-state index contributed by atoms with van der Waals surface area (Å²) in [6.07, 6.45) is 24.7. The molecule has 0 amide bonds. The summed E-state index contributed by atoms with van der Waals surface area (Å²) in [6, 6.07) is 20.0. The molecule has 5 rings (SSSR count). The predicted octanol–water partition coefficient (Wildman–Crippen LogP) is 8.53. The number of terminal acetylenes is 2. The Balaban J connectivity index is 1.39. The Hall–Kier alpha value is -4.58. The van der Waals surface area contributed by atoms with Crippen LogP contribution in [0.5, 0.6) is 0 Å². The molecular formula is C41H40O4. The highest BCUT2D eigenvalue weighted by Gasteiger charge is 2.35. The third-order valence-electron chi connectivity index (χ3n) is 9.28. The molecule has 2 aliphatic carbocycles. The standard InChI is InChI=1S/C41H40O4/c1-7-29-27-38(30(8-2)26-37(29)32-12-10-31(11-13-32)28(4)42)33-14-18-35(19-15-33)40(43)22-24-41(45-6,25-23-40)36-20-16-34(17-21-36)39(9-3)44-5/h1-2,10,14-27,32,39,42-43H,4,9,11-13H2,3,5-6H3/t32-,39?,40?,41?/m0/s1. The van der Waals surface area contributed by atoms with E-state index in [2.05, 4.69) is 37.5 Å². The summed E-state index contributed by atoms with van der Waals surface area (Å²) in [5.41, 5.74) is 6.00. The lowest BCUT2D eigenvalue weighted by molar-refractivity contribution is 0.0591. The van der Waals surface area contributed by atoms with Gasteiger partial charge in [0.05, 0.1) is 6.10 Å². The van der Waals surface area contributed by atoms with Crippen LogP contribution in [0.1, 0.15) is 78.0 Å². The third-order valence-corrected chi connectivity index (χ3v) is 9.28. The summed E-state index contributed by atoms with van der Waals surface area (Å²) < 4.78 is 11.5. The van der Waals surface area contributed by atoms with E-state index in [1.54, 1.807) is 26.4 Å². The van der Waals surface area contributed by atoms with E-state index < -0.39 is 11.2 Å². The monoisotopic (exact) mass is 596 g/mol. The quantitative estimate of drug-likeness (QED) is 0.148. The summed E-state index contributed by atoms with van der Waals surface area (Å²) in [4.78, 5) is 0. The highest BCUT2D eigenvalue weighted by molar-refractivity contribution is 5.74. The van der Waals surface area contributed by atoms with E-state index in [0.29, 0.717) is 0 Å². The lowest BCUT2D eigenvalue weighted by atomic mass is 9.80. The third kappa shape index (κ3) is 6.19. The summed E-state index contributed by atoms with van der Waals surface area (Å²) in [7, 11) is 3.39. The molecule has 0 fully saturated rings. The molecule has 0 saturated carbocycles. The summed E-state index contributed by atoms with van der Waals surface area (Å²) >= 11 is 0. The van der Waals surface area contributed by atoms with Crippen molar-refractivity contribution in [1.82, 2.24) is 0 Å². The van der Waals surface area contributed by atoms with E-state index in [1.807, 2.05) is 66.8 Å². The van der Waals surface area contributed by atoms with Crippen LogP contribution < -0.4 is 0 Å². The minimum Gasteiger partial charge on any atom is -0.508 e. The van der Waals surface area contributed by atoms with Gasteiger partial charge in [0.2, 0.25) is 0 Å². The second-order valence-electron chi connectivity index (χ2n) is 11.7. The van der Waals surface area contributed by atoms with Crippen molar-refractivity contribution in [2.45, 2.75) is 55.8 Å². The first kappa shape index (κ1) is 31.8. The molecule has 4 nitrogen and oxygen atoms in total. The number of rotatable bonds is 9. The van der Waals surface area contributed by atoms with Crippen LogP contribution in [-0.4, -0.2) is 24.4 Å². The Bertz CT molecular complexity index is 1720. The van der Waals surface area contributed by atoms with Gasteiger partial charge in [0, 0.05) is 25.3 Å². The van der Waals surface area contributed by atoms with Crippen molar-refractivity contribution in [2.75, 3.05) is 14.2 Å². The average molecular weight is 597 g/mol. The number of ether oxygens (including phenoxy) is 2. The minimum absolute atomic E-state index is 0.0484. The Morgan fingerprint density at radius 2 is 1.60 bits per heavy atom. The fourth-order valence-electron chi connectivity index (χ4n) is 6.48. The first-order chi connectivity index (χ1) is 21.7. The van der Waals surface area contributed by atoms with E-state index in [9.17, 15) is 10.2 Å². The molecule has 45 heavy (non-hydrogen) atoms. The van der Waals surface area contributed by atoms with Gasteiger partial charge >= 0.3 is 0 Å². The summed E-state index contributed by atoms with van der Waals surface area (Å²) in [5.74, 6) is 6.07. The van der Waals surface area contributed by atoms with E-state index in [4.69, 9.17) is 22.3 Å². The first-order valence-corrected chi connectivity index (χ1v) is 15.3. The molecule has 0 spiro atoms. The van der Waals surface area contributed by atoms with Crippen molar-refractivity contribution in [3.63, 3.8) is 0 Å². The smallest absolute Gasteiger partial charge is 0.129 e. The fourth-order valence-corrected chi connectivity index (χ4v) is 6.48. The molecule has 0 radical (unpaired) electrons. The van der Waals surface area contributed by atoms with Crippen LogP contribution >= 0.6 is 0 Å². The van der Waals surface area contributed by atoms with Crippen LogP contribution in [0.4, 0.5) is 0 Å². The van der Waals surface area contributed by atoms with Crippen LogP contribution in [0.3, 0.4) is 0 Å². The highest BCUT2D eigenvalue weighted by atomic mass is 16.5. The van der Waals surface area contributed by atoms with Crippen molar-refractivity contribution in [1.29, 1.82) is 0 Å². The van der Waals surface area contributed by atoms with Crippen molar-refractivity contribution >= 4 is 0 Å². The normalized spacial score (nSPS) is 23.1. The molecule has 0 aliphatic heterocycles. The van der Waals surface area contributed by atoms with Crippen molar-refractivity contribution in [3.8, 4) is 35.8 Å². The zero-order chi connectivity index (χ0) is 32.2. The summed E-state index contributed by atoms with van der Waals surface area (Å²) in [5, 5.41) is 21.4. The van der Waals surface area contributed by atoms with Gasteiger partial charge in [0.15, 0.2) is 0 Å². The van der Waals surface area contributed by atoms with Gasteiger partial charge in [0.1, 0.15) is 17.0 Å². The number of aliphatic hydroxyl groups excluding tert-OH is 1. The lowest BCUT2D eigenvalue weighted by Gasteiger charge is -2.34. The van der Waals surface area contributed by atoms with Gasteiger partial charge in [-0.05, 0) is 107 Å². The minimum atomic E-state index is -1.31. The summed E-state index contributed by atoms with van der Waals surface area (Å²) in [6.45, 7) is 5.75. The number of hydrogen-bond acceptors (Lipinski definition) is 4. The molecule has 4 heteroatoms. The van der Waals surface area contributed by atoms with E-state index in [0.717, 1.165) is 75.8 Å².